The van der Waals surface area contributed by atoms with Crippen LogP contribution in [0.4, 0.5) is 13.2 Å². The summed E-state index contributed by atoms with van der Waals surface area (Å²) in [7, 11) is 0. The summed E-state index contributed by atoms with van der Waals surface area (Å²) >= 11 is 1.38. The molecule has 0 fully saturated rings. The predicted octanol–water partition coefficient (Wildman–Crippen LogP) is 6.79. The number of nitrogens with zero attached hydrogens (tertiary/aromatic N) is 2. The molecule has 0 atom stereocenters. The second kappa shape index (κ2) is 7.87. The van der Waals surface area contributed by atoms with Gasteiger partial charge in [-0.05, 0) is 62.6 Å². The van der Waals surface area contributed by atoms with Crippen molar-refractivity contribution in [2.75, 3.05) is 5.75 Å². The molecule has 3 aromatic rings. The van der Waals surface area contributed by atoms with Gasteiger partial charge in [-0.15, -0.1) is 11.8 Å². The molecule has 0 unspecified atom stereocenters. The molecule has 0 bridgehead atoms. The molecule has 0 radical (unpaired) electrons. The van der Waals surface area contributed by atoms with Crippen molar-refractivity contribution in [2.24, 2.45) is 0 Å². The van der Waals surface area contributed by atoms with Gasteiger partial charge in [0.2, 0.25) is 5.89 Å². The number of hydrogen-bond acceptors (Lipinski definition) is 6. The van der Waals surface area contributed by atoms with Crippen LogP contribution < -0.4 is 4.74 Å². The SMILES string of the molecule is CCSc1cc(OC(C)(C)C)cnc1-c1nc2cc(SC(F)(F)F)ccc2o1. The Hall–Kier alpha value is -1.87. The van der Waals surface area contributed by atoms with Crippen LogP contribution in [0.25, 0.3) is 22.7 Å². The van der Waals surface area contributed by atoms with Crippen molar-refractivity contribution in [3.8, 4) is 17.3 Å². The fraction of sp³-hybridized carbons (Fsp3) is 0.368. The van der Waals surface area contributed by atoms with E-state index in [1.54, 1.807) is 18.0 Å². The molecule has 0 aliphatic rings. The standard InChI is InChI=1S/C19H19F3N2O2S2/c1-5-27-15-8-11(26-18(2,3)4)10-23-16(15)17-24-13-9-12(28-19(20,21)22)6-7-14(13)25-17/h6-10H,5H2,1-4H3. The zero-order chi connectivity index (χ0) is 20.5. The minimum atomic E-state index is -4.35. The third-order valence-electron chi connectivity index (χ3n) is 3.35. The highest BCUT2D eigenvalue weighted by Gasteiger charge is 2.29. The molecule has 2 aromatic heterocycles. The van der Waals surface area contributed by atoms with E-state index in [0.717, 1.165) is 10.6 Å². The van der Waals surface area contributed by atoms with Gasteiger partial charge < -0.3 is 9.15 Å². The molecule has 150 valence electrons. The van der Waals surface area contributed by atoms with Crippen LogP contribution in [0.15, 0.2) is 44.7 Å². The number of ether oxygens (including phenoxy) is 1. The Morgan fingerprint density at radius 3 is 2.54 bits per heavy atom. The summed E-state index contributed by atoms with van der Waals surface area (Å²) in [4.78, 5) is 9.69. The molecule has 9 heteroatoms. The van der Waals surface area contributed by atoms with E-state index in [1.807, 2.05) is 33.8 Å². The van der Waals surface area contributed by atoms with E-state index >= 15 is 0 Å². The molecule has 1 aromatic carbocycles. The van der Waals surface area contributed by atoms with E-state index in [-0.39, 0.29) is 28.1 Å². The largest absolute Gasteiger partial charge is 0.486 e. The fourth-order valence-corrected chi connectivity index (χ4v) is 3.83. The van der Waals surface area contributed by atoms with Crippen molar-refractivity contribution in [2.45, 2.75) is 48.6 Å². The Morgan fingerprint density at radius 1 is 1.14 bits per heavy atom. The molecular weight excluding hydrogens is 409 g/mol. The van der Waals surface area contributed by atoms with Crippen molar-refractivity contribution in [3.63, 3.8) is 0 Å². The molecular formula is C19H19F3N2O2S2. The van der Waals surface area contributed by atoms with E-state index in [2.05, 4.69) is 9.97 Å². The highest BCUT2D eigenvalue weighted by Crippen LogP contribution is 2.39. The van der Waals surface area contributed by atoms with E-state index in [4.69, 9.17) is 9.15 Å². The first-order valence-corrected chi connectivity index (χ1v) is 10.3. The molecule has 0 saturated heterocycles. The lowest BCUT2D eigenvalue weighted by atomic mass is 10.2. The molecule has 0 aliphatic heterocycles. The van der Waals surface area contributed by atoms with Crippen LogP contribution in [-0.2, 0) is 0 Å². The second-order valence-electron chi connectivity index (χ2n) is 6.86. The van der Waals surface area contributed by atoms with Gasteiger partial charge >= 0.3 is 5.51 Å². The first-order chi connectivity index (χ1) is 13.0. The fourth-order valence-electron chi connectivity index (χ4n) is 2.47. The molecule has 0 saturated carbocycles. The van der Waals surface area contributed by atoms with Gasteiger partial charge in [-0.2, -0.15) is 13.2 Å². The van der Waals surface area contributed by atoms with Crippen molar-refractivity contribution in [1.82, 2.24) is 9.97 Å². The molecule has 0 N–H and O–H groups in total. The van der Waals surface area contributed by atoms with Crippen LogP contribution >= 0.6 is 23.5 Å². The van der Waals surface area contributed by atoms with Gasteiger partial charge in [0, 0.05) is 9.79 Å². The maximum atomic E-state index is 12.6. The monoisotopic (exact) mass is 428 g/mol. The molecule has 0 spiro atoms. The number of alkyl halides is 3. The van der Waals surface area contributed by atoms with Crippen molar-refractivity contribution in [1.29, 1.82) is 0 Å². The summed E-state index contributed by atoms with van der Waals surface area (Å²) in [5.74, 6) is 1.70. The zero-order valence-electron chi connectivity index (χ0n) is 15.8. The summed E-state index contributed by atoms with van der Waals surface area (Å²) in [6, 6.07) is 6.10. The van der Waals surface area contributed by atoms with Crippen LogP contribution in [0.1, 0.15) is 27.7 Å². The Labute approximate surface area is 169 Å². The van der Waals surface area contributed by atoms with Crippen molar-refractivity contribution >= 4 is 34.6 Å². The molecule has 0 amide bonds. The number of rotatable bonds is 5. The average Bonchev–Trinajstić information content (AvgIpc) is 2.95. The summed E-state index contributed by atoms with van der Waals surface area (Å²) in [6.07, 6.45) is 1.60. The first-order valence-electron chi connectivity index (χ1n) is 8.52. The van der Waals surface area contributed by atoms with Crippen LogP contribution in [0.2, 0.25) is 0 Å². The number of benzene rings is 1. The lowest BCUT2D eigenvalue weighted by Crippen LogP contribution is -2.23. The van der Waals surface area contributed by atoms with Crippen LogP contribution in [0.3, 0.4) is 0 Å². The number of thioether (sulfide) groups is 2. The number of pyridine rings is 1. The van der Waals surface area contributed by atoms with Gasteiger partial charge in [-0.3, -0.25) is 0 Å². The normalized spacial score (nSPS) is 12.5. The van der Waals surface area contributed by atoms with Crippen LogP contribution in [0.5, 0.6) is 5.75 Å². The van der Waals surface area contributed by atoms with Gasteiger partial charge in [0.25, 0.3) is 0 Å². The van der Waals surface area contributed by atoms with Crippen molar-refractivity contribution < 1.29 is 22.3 Å². The Morgan fingerprint density at radius 2 is 1.89 bits per heavy atom. The van der Waals surface area contributed by atoms with E-state index in [9.17, 15) is 13.2 Å². The third kappa shape index (κ3) is 5.35. The molecule has 0 aliphatic carbocycles. The first kappa shape index (κ1) is 20.9. The van der Waals surface area contributed by atoms with E-state index in [0.29, 0.717) is 22.5 Å². The number of oxazole rings is 1. The van der Waals surface area contributed by atoms with Gasteiger partial charge in [-0.25, -0.2) is 9.97 Å². The Balaban J connectivity index is 1.98. The van der Waals surface area contributed by atoms with Gasteiger partial charge in [-0.1, -0.05) is 6.92 Å². The maximum Gasteiger partial charge on any atom is 0.446 e. The Bertz CT molecular complexity index is 981. The topological polar surface area (TPSA) is 48.2 Å². The number of hydrogen-bond donors (Lipinski definition) is 0. The summed E-state index contributed by atoms with van der Waals surface area (Å²) in [5, 5.41) is 0. The van der Waals surface area contributed by atoms with E-state index < -0.39 is 5.51 Å². The minimum absolute atomic E-state index is 0.0601. The van der Waals surface area contributed by atoms with Crippen LogP contribution in [-0.4, -0.2) is 26.8 Å². The van der Waals surface area contributed by atoms with Crippen molar-refractivity contribution in [3.05, 3.63) is 30.5 Å². The number of aromatic nitrogens is 2. The van der Waals surface area contributed by atoms with Gasteiger partial charge in [0.1, 0.15) is 22.6 Å². The molecule has 28 heavy (non-hydrogen) atoms. The summed E-state index contributed by atoms with van der Waals surface area (Å²) in [6.45, 7) is 7.86. The van der Waals surface area contributed by atoms with Gasteiger partial charge in [0.15, 0.2) is 5.58 Å². The molecule has 2 heterocycles. The Kier molecular flexibility index (Phi) is 5.86. The smallest absolute Gasteiger partial charge is 0.446 e. The minimum Gasteiger partial charge on any atom is -0.486 e. The molecule has 4 nitrogen and oxygen atoms in total. The second-order valence-corrected chi connectivity index (χ2v) is 9.31. The van der Waals surface area contributed by atoms with Gasteiger partial charge in [0.05, 0.1) is 6.20 Å². The van der Waals surface area contributed by atoms with E-state index in [1.165, 1.54) is 18.2 Å². The third-order valence-corrected chi connectivity index (χ3v) is 4.98. The highest BCUT2D eigenvalue weighted by molar-refractivity contribution is 8.00. The summed E-state index contributed by atoms with van der Waals surface area (Å²) in [5.41, 5.74) is -3.41. The zero-order valence-corrected chi connectivity index (χ0v) is 17.4. The van der Waals surface area contributed by atoms with Crippen LogP contribution in [0, 0.1) is 0 Å². The summed E-state index contributed by atoms with van der Waals surface area (Å²) < 4.78 is 49.4. The lowest BCUT2D eigenvalue weighted by molar-refractivity contribution is -0.0328. The predicted molar refractivity (Wildman–Crippen MR) is 106 cm³/mol. The lowest BCUT2D eigenvalue weighted by Gasteiger charge is -2.21. The maximum absolute atomic E-state index is 12.6. The highest BCUT2D eigenvalue weighted by atomic mass is 32.2. The quantitative estimate of drug-likeness (QED) is 0.417. The number of fused-ring (bicyclic) bond motifs is 1. The average molecular weight is 429 g/mol. The number of halogens is 3. The molecule has 3 rings (SSSR count).